The zero-order valence-corrected chi connectivity index (χ0v) is 13.1. The molecule has 0 amide bonds. The van der Waals surface area contributed by atoms with Gasteiger partial charge in [0, 0.05) is 12.1 Å². The molecule has 0 radical (unpaired) electrons. The molecule has 0 aromatic heterocycles. The molecule has 0 saturated carbocycles. The number of aryl methyl sites for hydroxylation is 1. The van der Waals surface area contributed by atoms with Crippen LogP contribution in [0.4, 0.5) is 8.78 Å². The Morgan fingerprint density at radius 3 is 2.37 bits per heavy atom. The number of hydrogen-bond donors (Lipinski definition) is 0. The second kappa shape index (κ2) is 6.14. The van der Waals surface area contributed by atoms with Gasteiger partial charge < -0.3 is 4.43 Å². The SMILES string of the molecule is [2H]C([2H])(CO[Si](C)(C)C(C)(C)C)C([2H])([2H])c1ccc(F)c(F)c1. The molecule has 108 valence electrons. The van der Waals surface area contributed by atoms with Crippen LogP contribution < -0.4 is 0 Å². The number of rotatable bonds is 5. The molecule has 0 aliphatic heterocycles. The number of hydrogen-bond acceptors (Lipinski definition) is 1. The maximum absolute atomic E-state index is 13.3. The van der Waals surface area contributed by atoms with E-state index in [4.69, 9.17) is 9.91 Å². The highest BCUT2D eigenvalue weighted by molar-refractivity contribution is 6.74. The molecular formula is C15H24F2OSi. The van der Waals surface area contributed by atoms with Crippen LogP contribution in [0.25, 0.3) is 0 Å². The van der Waals surface area contributed by atoms with Crippen LogP contribution in [-0.4, -0.2) is 14.9 Å². The Labute approximate surface area is 121 Å². The quantitative estimate of drug-likeness (QED) is 0.699. The van der Waals surface area contributed by atoms with Crippen LogP contribution in [0.2, 0.25) is 18.1 Å². The highest BCUT2D eigenvalue weighted by Crippen LogP contribution is 2.36. The minimum atomic E-state index is -2.51. The van der Waals surface area contributed by atoms with Gasteiger partial charge in [0.2, 0.25) is 0 Å². The Kier molecular flexibility index (Phi) is 3.55. The van der Waals surface area contributed by atoms with Crippen molar-refractivity contribution in [3.63, 3.8) is 0 Å². The van der Waals surface area contributed by atoms with Crippen molar-refractivity contribution in [3.05, 3.63) is 35.4 Å². The Balaban J connectivity index is 3.03. The van der Waals surface area contributed by atoms with Crippen LogP contribution in [0.1, 0.15) is 38.2 Å². The summed E-state index contributed by atoms with van der Waals surface area (Å²) in [6.45, 7) is 9.43. The molecule has 0 heterocycles. The summed E-state index contributed by atoms with van der Waals surface area (Å²) in [5, 5.41) is -0.141. The lowest BCUT2D eigenvalue weighted by Crippen LogP contribution is -2.41. The van der Waals surface area contributed by atoms with E-state index in [1.165, 1.54) is 0 Å². The third kappa shape index (κ3) is 4.69. The maximum atomic E-state index is 13.3. The molecule has 0 bridgehead atoms. The van der Waals surface area contributed by atoms with Crippen LogP contribution in [0.15, 0.2) is 18.2 Å². The Morgan fingerprint density at radius 2 is 1.84 bits per heavy atom. The van der Waals surface area contributed by atoms with Crippen LogP contribution in [-0.2, 0) is 10.8 Å². The van der Waals surface area contributed by atoms with Crippen molar-refractivity contribution in [3.8, 4) is 0 Å². The van der Waals surface area contributed by atoms with Crippen molar-refractivity contribution in [2.24, 2.45) is 0 Å². The van der Waals surface area contributed by atoms with E-state index in [0.29, 0.717) is 6.07 Å². The topological polar surface area (TPSA) is 9.23 Å². The van der Waals surface area contributed by atoms with Crippen LogP contribution in [0.5, 0.6) is 0 Å². The monoisotopic (exact) mass is 290 g/mol. The van der Waals surface area contributed by atoms with Gasteiger partial charge in [-0.3, -0.25) is 0 Å². The maximum Gasteiger partial charge on any atom is 0.191 e. The van der Waals surface area contributed by atoms with Crippen molar-refractivity contribution in [1.29, 1.82) is 0 Å². The molecule has 1 aromatic carbocycles. The zero-order valence-electron chi connectivity index (χ0n) is 16.1. The summed E-state index contributed by atoms with van der Waals surface area (Å²) in [6.07, 6.45) is -4.89. The Bertz CT molecular complexity index is 571. The summed E-state index contributed by atoms with van der Waals surface area (Å²) in [7, 11) is -2.26. The van der Waals surface area contributed by atoms with Crippen LogP contribution in [0, 0.1) is 11.6 Å². The van der Waals surface area contributed by atoms with E-state index in [1.54, 1.807) is 0 Å². The van der Waals surface area contributed by atoms with E-state index in [1.807, 2.05) is 33.9 Å². The molecule has 0 spiro atoms. The lowest BCUT2D eigenvalue weighted by molar-refractivity contribution is 0.282. The predicted molar refractivity (Wildman–Crippen MR) is 77.8 cm³/mol. The molecular weight excluding hydrogens is 262 g/mol. The van der Waals surface area contributed by atoms with Crippen molar-refractivity contribution < 1.29 is 18.7 Å². The summed E-state index contributed by atoms with van der Waals surface area (Å²) in [5.74, 6) is -2.30. The molecule has 19 heavy (non-hydrogen) atoms. The van der Waals surface area contributed by atoms with Gasteiger partial charge in [0.25, 0.3) is 0 Å². The minimum Gasteiger partial charge on any atom is -0.417 e. The van der Waals surface area contributed by atoms with Gasteiger partial charge in [-0.15, -0.1) is 0 Å². The van der Waals surface area contributed by atoms with Gasteiger partial charge >= 0.3 is 0 Å². The van der Waals surface area contributed by atoms with Gasteiger partial charge in [-0.1, -0.05) is 26.8 Å². The molecule has 0 unspecified atom stereocenters. The van der Waals surface area contributed by atoms with Gasteiger partial charge in [0.05, 0.1) is 0 Å². The fraction of sp³-hybridized carbons (Fsp3) is 0.600. The van der Waals surface area contributed by atoms with E-state index in [2.05, 4.69) is 0 Å². The number of halogens is 2. The first-order valence-electron chi connectivity index (χ1n) is 8.21. The van der Waals surface area contributed by atoms with Gasteiger partial charge in [0.15, 0.2) is 20.0 Å². The average Bonchev–Trinajstić information content (AvgIpc) is 2.38. The molecule has 0 aliphatic carbocycles. The standard InChI is InChI=1S/C15H24F2OSi/c1-15(2,3)19(4,5)18-10-6-7-12-8-9-13(16)14(17)11-12/h8-9,11H,6-7,10H2,1-5H3/i6D2,7D2. The minimum absolute atomic E-state index is 0.141. The fourth-order valence-electron chi connectivity index (χ4n) is 1.15. The second-order valence-corrected chi connectivity index (χ2v) is 10.8. The van der Waals surface area contributed by atoms with Crippen molar-refractivity contribution in [1.82, 2.24) is 0 Å². The molecule has 0 atom stereocenters. The summed E-state index contributed by atoms with van der Waals surface area (Å²) in [5.41, 5.74) is -0.250. The molecule has 0 fully saturated rings. The summed E-state index contributed by atoms with van der Waals surface area (Å²) < 4.78 is 64.3. The Morgan fingerprint density at radius 1 is 1.21 bits per heavy atom. The molecule has 0 saturated heterocycles. The average molecular weight is 290 g/mol. The normalized spacial score (nSPS) is 17.4. The van der Waals surface area contributed by atoms with E-state index in [-0.39, 0.29) is 10.6 Å². The summed E-state index contributed by atoms with van der Waals surface area (Å²) in [4.78, 5) is 0. The molecule has 0 aliphatic rings. The first-order chi connectivity index (χ1) is 10.1. The lowest BCUT2D eigenvalue weighted by atomic mass is 10.1. The van der Waals surface area contributed by atoms with E-state index in [9.17, 15) is 8.78 Å². The molecule has 0 N–H and O–H groups in total. The lowest BCUT2D eigenvalue weighted by Gasteiger charge is -2.36. The molecule has 1 rings (SSSR count). The summed E-state index contributed by atoms with van der Waals surface area (Å²) >= 11 is 0. The first kappa shape index (κ1) is 11.0. The van der Waals surface area contributed by atoms with E-state index >= 15 is 0 Å². The molecule has 4 heteroatoms. The summed E-state index contributed by atoms with van der Waals surface area (Å²) in [6, 6.07) is 2.55. The van der Waals surface area contributed by atoms with E-state index < -0.39 is 39.3 Å². The number of benzene rings is 1. The van der Waals surface area contributed by atoms with E-state index in [0.717, 1.165) is 12.1 Å². The van der Waals surface area contributed by atoms with Crippen LogP contribution >= 0.6 is 0 Å². The predicted octanol–water partition coefficient (Wildman–Crippen LogP) is 4.92. The van der Waals surface area contributed by atoms with Crippen molar-refractivity contribution in [2.75, 3.05) is 6.61 Å². The highest BCUT2D eigenvalue weighted by atomic mass is 28.4. The highest BCUT2D eigenvalue weighted by Gasteiger charge is 2.36. The van der Waals surface area contributed by atoms with Gasteiger partial charge in [-0.25, -0.2) is 8.78 Å². The van der Waals surface area contributed by atoms with Crippen molar-refractivity contribution >= 4 is 8.32 Å². The molecule has 1 nitrogen and oxygen atoms in total. The zero-order chi connectivity index (χ0) is 18.3. The van der Waals surface area contributed by atoms with Gasteiger partial charge in [-0.2, -0.15) is 0 Å². The van der Waals surface area contributed by atoms with Crippen molar-refractivity contribution in [2.45, 2.75) is 51.6 Å². The third-order valence-corrected chi connectivity index (χ3v) is 7.94. The van der Waals surface area contributed by atoms with Crippen LogP contribution in [0.3, 0.4) is 0 Å². The second-order valence-electron chi connectivity index (χ2n) is 5.98. The van der Waals surface area contributed by atoms with Gasteiger partial charge in [-0.05, 0) is 48.6 Å². The smallest absolute Gasteiger partial charge is 0.191 e. The third-order valence-electron chi connectivity index (χ3n) is 3.46. The Hall–Kier alpha value is -0.743. The molecule has 1 aromatic rings. The largest absolute Gasteiger partial charge is 0.417 e. The van der Waals surface area contributed by atoms with Gasteiger partial charge in [0.1, 0.15) is 0 Å². The first-order valence-corrected chi connectivity index (χ1v) is 9.12. The fourth-order valence-corrected chi connectivity index (χ4v) is 2.01.